The predicted octanol–water partition coefficient (Wildman–Crippen LogP) is 4.27. The minimum atomic E-state index is -1.08. The van der Waals surface area contributed by atoms with Crippen molar-refractivity contribution in [2.45, 2.75) is 0 Å². The molecule has 2 aromatic carbocycles. The third kappa shape index (κ3) is 4.03. The van der Waals surface area contributed by atoms with Gasteiger partial charge in [-0.15, -0.1) is 0 Å². The molecule has 4 rings (SSSR count). The molecule has 1 aliphatic heterocycles. The van der Waals surface area contributed by atoms with E-state index < -0.39 is 23.6 Å². The molecule has 0 radical (unpaired) electrons. The van der Waals surface area contributed by atoms with Crippen LogP contribution >= 0.6 is 23.8 Å². The van der Waals surface area contributed by atoms with Crippen molar-refractivity contribution in [2.75, 3.05) is 4.90 Å². The number of thiocarbonyl (C=S) groups is 1. The number of furan rings is 1. The van der Waals surface area contributed by atoms with Gasteiger partial charge in [-0.3, -0.25) is 19.8 Å². The second-order valence-electron chi connectivity index (χ2n) is 6.64. The fraction of sp³-hybridized carbons (Fsp3) is 0. The Morgan fingerprint density at radius 3 is 2.66 bits per heavy atom. The molecule has 2 N–H and O–H groups in total. The zero-order valence-electron chi connectivity index (χ0n) is 16.0. The van der Waals surface area contributed by atoms with Gasteiger partial charge in [-0.05, 0) is 60.8 Å². The van der Waals surface area contributed by atoms with Crippen LogP contribution < -0.4 is 10.2 Å². The standard InChI is InChI=1S/C22H12ClFN2O5S/c23-16-9-13(4-6-17(16)24)26-20(28)15(19(27)25-22(26)32)10-14-5-7-18(31-14)11-2-1-3-12(8-11)21(29)30/h1-10H,(H,29,30)(H,25,27,32)/b15-10-. The largest absolute Gasteiger partial charge is 0.478 e. The number of amides is 2. The number of carbonyl (C=O) groups excluding carboxylic acids is 2. The van der Waals surface area contributed by atoms with E-state index in [0.29, 0.717) is 11.3 Å². The van der Waals surface area contributed by atoms with Crippen LogP contribution in [0.2, 0.25) is 5.02 Å². The molecule has 1 aliphatic rings. The van der Waals surface area contributed by atoms with Crippen LogP contribution in [0.4, 0.5) is 10.1 Å². The lowest BCUT2D eigenvalue weighted by atomic mass is 10.1. The number of rotatable bonds is 4. The maximum absolute atomic E-state index is 13.5. The Labute approximate surface area is 190 Å². The van der Waals surface area contributed by atoms with Crippen molar-refractivity contribution in [3.8, 4) is 11.3 Å². The number of nitrogens with one attached hydrogen (secondary N) is 1. The van der Waals surface area contributed by atoms with Crippen LogP contribution in [0.25, 0.3) is 17.4 Å². The van der Waals surface area contributed by atoms with Gasteiger partial charge in [0.05, 0.1) is 16.3 Å². The van der Waals surface area contributed by atoms with Gasteiger partial charge in [0.2, 0.25) is 0 Å². The van der Waals surface area contributed by atoms with Crippen molar-refractivity contribution in [3.05, 3.63) is 82.3 Å². The second kappa shape index (κ2) is 8.37. The first-order chi connectivity index (χ1) is 15.2. The highest BCUT2D eigenvalue weighted by molar-refractivity contribution is 7.80. The predicted molar refractivity (Wildman–Crippen MR) is 119 cm³/mol. The van der Waals surface area contributed by atoms with Gasteiger partial charge in [0, 0.05) is 5.56 Å². The molecule has 160 valence electrons. The molecule has 0 aliphatic carbocycles. The van der Waals surface area contributed by atoms with E-state index in [1.807, 2.05) is 0 Å². The molecular weight excluding hydrogens is 459 g/mol. The number of carboxylic acids is 1. The Kier molecular flexibility index (Phi) is 5.60. The molecule has 10 heteroatoms. The lowest BCUT2D eigenvalue weighted by Gasteiger charge is -2.28. The van der Waals surface area contributed by atoms with E-state index in [9.17, 15) is 18.8 Å². The molecule has 0 spiro atoms. The van der Waals surface area contributed by atoms with Gasteiger partial charge in [0.25, 0.3) is 11.8 Å². The van der Waals surface area contributed by atoms with E-state index in [-0.39, 0.29) is 32.7 Å². The number of hydrogen-bond acceptors (Lipinski definition) is 5. The molecule has 2 heterocycles. The number of nitrogens with zero attached hydrogens (tertiary/aromatic N) is 1. The first-order valence-electron chi connectivity index (χ1n) is 9.04. The highest BCUT2D eigenvalue weighted by atomic mass is 35.5. The maximum Gasteiger partial charge on any atom is 0.335 e. The summed E-state index contributed by atoms with van der Waals surface area (Å²) in [7, 11) is 0. The lowest BCUT2D eigenvalue weighted by Crippen LogP contribution is -2.54. The maximum atomic E-state index is 13.5. The lowest BCUT2D eigenvalue weighted by molar-refractivity contribution is -0.122. The molecule has 7 nitrogen and oxygen atoms in total. The Morgan fingerprint density at radius 1 is 1.16 bits per heavy atom. The highest BCUT2D eigenvalue weighted by Gasteiger charge is 2.35. The van der Waals surface area contributed by atoms with E-state index in [0.717, 1.165) is 11.0 Å². The summed E-state index contributed by atoms with van der Waals surface area (Å²) in [6, 6.07) is 12.8. The second-order valence-corrected chi connectivity index (χ2v) is 7.44. The Morgan fingerprint density at radius 2 is 1.94 bits per heavy atom. The smallest absolute Gasteiger partial charge is 0.335 e. The average Bonchev–Trinajstić information content (AvgIpc) is 3.22. The minimum absolute atomic E-state index is 0.0859. The summed E-state index contributed by atoms with van der Waals surface area (Å²) >= 11 is 10.9. The number of benzene rings is 2. The third-order valence-corrected chi connectivity index (χ3v) is 5.14. The van der Waals surface area contributed by atoms with Crippen LogP contribution in [0.5, 0.6) is 0 Å². The van der Waals surface area contributed by atoms with Gasteiger partial charge in [-0.25, -0.2) is 9.18 Å². The van der Waals surface area contributed by atoms with Crippen molar-refractivity contribution >= 4 is 58.5 Å². The molecule has 0 unspecified atom stereocenters. The number of anilines is 1. The molecule has 3 aromatic rings. The Hall–Kier alpha value is -3.82. The van der Waals surface area contributed by atoms with Gasteiger partial charge in [-0.1, -0.05) is 23.7 Å². The fourth-order valence-corrected chi connectivity index (χ4v) is 3.51. The van der Waals surface area contributed by atoms with Gasteiger partial charge >= 0.3 is 5.97 Å². The van der Waals surface area contributed by atoms with Crippen molar-refractivity contribution in [1.29, 1.82) is 0 Å². The van der Waals surface area contributed by atoms with E-state index in [1.165, 1.54) is 36.4 Å². The van der Waals surface area contributed by atoms with E-state index >= 15 is 0 Å². The van der Waals surface area contributed by atoms with Crippen LogP contribution in [0, 0.1) is 5.82 Å². The van der Waals surface area contributed by atoms with Crippen molar-refractivity contribution in [2.24, 2.45) is 0 Å². The van der Waals surface area contributed by atoms with E-state index in [4.69, 9.17) is 33.3 Å². The number of carboxylic acid groups (broad SMARTS) is 1. The third-order valence-electron chi connectivity index (χ3n) is 4.57. The molecule has 32 heavy (non-hydrogen) atoms. The van der Waals surface area contributed by atoms with Crippen molar-refractivity contribution in [3.63, 3.8) is 0 Å². The zero-order valence-corrected chi connectivity index (χ0v) is 17.5. The summed E-state index contributed by atoms with van der Waals surface area (Å²) in [4.78, 5) is 37.6. The number of halogens is 2. The van der Waals surface area contributed by atoms with Gasteiger partial charge in [0.1, 0.15) is 22.9 Å². The molecule has 0 bridgehead atoms. The van der Waals surface area contributed by atoms with Gasteiger partial charge in [-0.2, -0.15) is 0 Å². The normalized spacial score (nSPS) is 15.2. The molecule has 0 saturated carbocycles. The van der Waals surface area contributed by atoms with Crippen LogP contribution in [0.15, 0.2) is 64.6 Å². The quantitative estimate of drug-likeness (QED) is 0.335. The van der Waals surface area contributed by atoms with Gasteiger partial charge < -0.3 is 9.52 Å². The van der Waals surface area contributed by atoms with Crippen molar-refractivity contribution in [1.82, 2.24) is 5.32 Å². The topological polar surface area (TPSA) is 99.9 Å². The molecule has 1 fully saturated rings. The summed E-state index contributed by atoms with van der Waals surface area (Å²) < 4.78 is 19.2. The molecule has 2 amide bonds. The fourth-order valence-electron chi connectivity index (χ4n) is 3.05. The summed E-state index contributed by atoms with van der Waals surface area (Å²) in [6.45, 7) is 0. The Balaban J connectivity index is 1.67. The summed E-state index contributed by atoms with van der Waals surface area (Å²) in [5, 5.41) is 11.2. The SMILES string of the molecule is O=C1NC(=S)N(c2ccc(F)c(Cl)c2)C(=O)/C1=C\c1ccc(-c2cccc(C(=O)O)c2)o1. The zero-order chi connectivity index (χ0) is 23.0. The highest BCUT2D eigenvalue weighted by Crippen LogP contribution is 2.28. The van der Waals surface area contributed by atoms with Crippen LogP contribution in [-0.4, -0.2) is 28.0 Å². The number of hydrogen-bond donors (Lipinski definition) is 2. The summed E-state index contributed by atoms with van der Waals surface area (Å²) in [5.74, 6) is -2.68. The first kappa shape index (κ1) is 21.4. The molecule has 1 aromatic heterocycles. The van der Waals surface area contributed by atoms with Gasteiger partial charge in [0.15, 0.2) is 5.11 Å². The minimum Gasteiger partial charge on any atom is -0.478 e. The summed E-state index contributed by atoms with van der Waals surface area (Å²) in [5.41, 5.74) is 0.516. The molecular formula is C22H12ClFN2O5S. The number of carbonyl (C=O) groups is 3. The first-order valence-corrected chi connectivity index (χ1v) is 9.83. The molecule has 0 atom stereocenters. The average molecular weight is 471 g/mol. The Bertz CT molecular complexity index is 1330. The van der Waals surface area contributed by atoms with Crippen LogP contribution in [-0.2, 0) is 9.59 Å². The van der Waals surface area contributed by atoms with Crippen molar-refractivity contribution < 1.29 is 28.3 Å². The number of aromatic carboxylic acids is 1. The van der Waals surface area contributed by atoms with E-state index in [2.05, 4.69) is 5.32 Å². The van der Waals surface area contributed by atoms with E-state index in [1.54, 1.807) is 18.2 Å². The molecule has 1 saturated heterocycles. The monoisotopic (exact) mass is 470 g/mol. The van der Waals surface area contributed by atoms with Crippen LogP contribution in [0.1, 0.15) is 16.1 Å². The van der Waals surface area contributed by atoms with Crippen LogP contribution in [0.3, 0.4) is 0 Å². The summed E-state index contributed by atoms with van der Waals surface area (Å²) in [6.07, 6.45) is 1.24.